The molecule has 0 atom stereocenters. The number of hydrogen-bond acceptors (Lipinski definition) is 5. The Morgan fingerprint density at radius 3 is 2.50 bits per heavy atom. The van der Waals surface area contributed by atoms with Crippen LogP contribution in [0.15, 0.2) is 23.1 Å². The van der Waals surface area contributed by atoms with Crippen molar-refractivity contribution in [1.82, 2.24) is 0 Å². The molecule has 18 heavy (non-hydrogen) atoms. The predicted octanol–water partition coefficient (Wildman–Crippen LogP) is 0.489. The molecule has 6 nitrogen and oxygen atoms in total. The summed E-state index contributed by atoms with van der Waals surface area (Å²) < 4.78 is 23.0. The summed E-state index contributed by atoms with van der Waals surface area (Å²) in [5.74, 6) is 0. The van der Waals surface area contributed by atoms with Crippen LogP contribution in [0.25, 0.3) is 0 Å². The summed E-state index contributed by atoms with van der Waals surface area (Å²) in [5, 5.41) is 17.1. The van der Waals surface area contributed by atoms with Gasteiger partial charge >= 0.3 is 0 Å². The van der Waals surface area contributed by atoms with Crippen LogP contribution in [0.3, 0.4) is 0 Å². The Balaban J connectivity index is 3.18. The highest BCUT2D eigenvalue weighted by atomic mass is 32.2. The van der Waals surface area contributed by atoms with Gasteiger partial charge in [-0.15, -0.1) is 0 Å². The van der Waals surface area contributed by atoms with Crippen molar-refractivity contribution in [2.45, 2.75) is 30.7 Å². The first kappa shape index (κ1) is 14.7. The predicted molar refractivity (Wildman–Crippen MR) is 71.6 cm³/mol. The molecule has 0 unspecified atom stereocenters. The van der Waals surface area contributed by atoms with E-state index in [9.17, 15) is 8.42 Å². The van der Waals surface area contributed by atoms with Crippen molar-refractivity contribution in [2.75, 3.05) is 17.7 Å². The lowest BCUT2D eigenvalue weighted by molar-refractivity contribution is 0.260. The van der Waals surface area contributed by atoms with Gasteiger partial charge in [0.2, 0.25) is 10.0 Å². The van der Waals surface area contributed by atoms with Crippen LogP contribution in [0, 0.1) is 0 Å². The van der Waals surface area contributed by atoms with Gasteiger partial charge in [0.15, 0.2) is 0 Å². The van der Waals surface area contributed by atoms with E-state index in [1.807, 2.05) is 13.8 Å². The third-order valence-corrected chi connectivity index (χ3v) is 3.47. The van der Waals surface area contributed by atoms with Crippen LogP contribution in [0.5, 0.6) is 0 Å². The number of rotatable bonds is 5. The molecular weight excluding hydrogens is 254 g/mol. The number of anilines is 2. The molecule has 102 valence electrons. The molecule has 7 heteroatoms. The van der Waals surface area contributed by atoms with Crippen LogP contribution in [-0.2, 0) is 10.0 Å². The van der Waals surface area contributed by atoms with Crippen molar-refractivity contribution in [1.29, 1.82) is 0 Å². The highest BCUT2D eigenvalue weighted by Gasteiger charge is 2.21. The molecular formula is C11H19N3O3S. The van der Waals surface area contributed by atoms with Crippen molar-refractivity contribution >= 4 is 21.4 Å². The van der Waals surface area contributed by atoms with Gasteiger partial charge in [0, 0.05) is 17.8 Å². The fourth-order valence-electron chi connectivity index (χ4n) is 1.58. The quantitative estimate of drug-likeness (QED) is 0.582. The Hall–Kier alpha value is -1.31. The van der Waals surface area contributed by atoms with Crippen LogP contribution in [0.1, 0.15) is 20.3 Å². The van der Waals surface area contributed by atoms with E-state index in [1.165, 1.54) is 6.07 Å². The molecule has 0 heterocycles. The molecule has 0 aliphatic carbocycles. The van der Waals surface area contributed by atoms with E-state index in [2.05, 4.69) is 5.32 Å². The lowest BCUT2D eigenvalue weighted by atomic mass is 10.0. The maximum atomic E-state index is 11.5. The topological polar surface area (TPSA) is 118 Å². The Kier molecular flexibility index (Phi) is 4.20. The lowest BCUT2D eigenvalue weighted by Gasteiger charge is -2.27. The molecule has 1 rings (SSSR count). The van der Waals surface area contributed by atoms with Crippen LogP contribution in [0.4, 0.5) is 11.4 Å². The van der Waals surface area contributed by atoms with Crippen molar-refractivity contribution in [3.05, 3.63) is 18.2 Å². The van der Waals surface area contributed by atoms with Gasteiger partial charge < -0.3 is 16.2 Å². The first-order chi connectivity index (χ1) is 8.15. The average Bonchev–Trinajstić information content (AvgIpc) is 2.18. The summed E-state index contributed by atoms with van der Waals surface area (Å²) in [6.07, 6.45) is 0.474. The Bertz CT molecular complexity index is 526. The number of primary sulfonamides is 1. The van der Waals surface area contributed by atoms with E-state index in [0.29, 0.717) is 17.8 Å². The number of aliphatic hydroxyl groups is 1. The summed E-state index contributed by atoms with van der Waals surface area (Å²) in [6.45, 7) is 3.71. The van der Waals surface area contributed by atoms with Crippen LogP contribution in [0.2, 0.25) is 0 Å². The smallest absolute Gasteiger partial charge is 0.240 e. The van der Waals surface area contributed by atoms with Gasteiger partial charge in [-0.1, -0.05) is 0 Å². The van der Waals surface area contributed by atoms with E-state index in [0.717, 1.165) is 0 Å². The summed E-state index contributed by atoms with van der Waals surface area (Å²) >= 11 is 0. The van der Waals surface area contributed by atoms with E-state index < -0.39 is 15.6 Å². The number of benzene rings is 1. The normalized spacial score (nSPS) is 12.4. The van der Waals surface area contributed by atoms with Crippen molar-refractivity contribution < 1.29 is 13.5 Å². The summed E-state index contributed by atoms with van der Waals surface area (Å²) in [5.41, 5.74) is 5.81. The van der Waals surface area contributed by atoms with Gasteiger partial charge in [-0.2, -0.15) is 0 Å². The van der Waals surface area contributed by atoms with E-state index >= 15 is 0 Å². The molecule has 0 aliphatic rings. The molecule has 0 saturated heterocycles. The third kappa shape index (κ3) is 3.86. The molecule has 0 amide bonds. The average molecular weight is 273 g/mol. The zero-order valence-electron chi connectivity index (χ0n) is 10.5. The fourth-order valence-corrected chi connectivity index (χ4v) is 2.31. The molecule has 0 saturated carbocycles. The van der Waals surface area contributed by atoms with E-state index in [1.54, 1.807) is 12.1 Å². The van der Waals surface area contributed by atoms with Gasteiger partial charge in [-0.05, 0) is 38.5 Å². The van der Waals surface area contributed by atoms with Gasteiger partial charge in [0.25, 0.3) is 0 Å². The largest absolute Gasteiger partial charge is 0.399 e. The molecule has 0 fully saturated rings. The minimum Gasteiger partial charge on any atom is -0.399 e. The Morgan fingerprint density at radius 2 is 2.00 bits per heavy atom. The number of hydrogen-bond donors (Lipinski definition) is 4. The zero-order chi connectivity index (χ0) is 14.0. The van der Waals surface area contributed by atoms with E-state index in [4.69, 9.17) is 16.0 Å². The molecule has 0 radical (unpaired) electrons. The molecule has 0 bridgehead atoms. The highest BCUT2D eigenvalue weighted by Crippen LogP contribution is 2.26. The van der Waals surface area contributed by atoms with Crippen LogP contribution >= 0.6 is 0 Å². The van der Waals surface area contributed by atoms with Gasteiger partial charge in [-0.3, -0.25) is 0 Å². The summed E-state index contributed by atoms with van der Waals surface area (Å²) in [4.78, 5) is -0.0477. The second kappa shape index (κ2) is 5.13. The highest BCUT2D eigenvalue weighted by molar-refractivity contribution is 7.89. The minimum atomic E-state index is -3.85. The number of sulfonamides is 1. The molecule has 6 N–H and O–H groups in total. The SMILES string of the molecule is CC(C)(CCO)Nc1ccc(N)cc1S(N)(=O)=O. The standard InChI is InChI=1S/C11H19N3O3S/c1-11(2,5-6-15)14-9-4-3-8(12)7-10(9)18(13,16)17/h3-4,7,14-15H,5-6,12H2,1-2H3,(H2,13,16,17). The zero-order valence-corrected chi connectivity index (χ0v) is 11.3. The monoisotopic (exact) mass is 273 g/mol. The maximum absolute atomic E-state index is 11.5. The number of nitrogen functional groups attached to an aromatic ring is 1. The number of aliphatic hydroxyl groups excluding tert-OH is 1. The molecule has 1 aromatic rings. The summed E-state index contributed by atoms with van der Waals surface area (Å²) in [6, 6.07) is 4.47. The second-order valence-electron chi connectivity index (χ2n) is 4.78. The Morgan fingerprint density at radius 1 is 1.39 bits per heavy atom. The second-order valence-corrected chi connectivity index (χ2v) is 6.31. The van der Waals surface area contributed by atoms with Crippen molar-refractivity contribution in [3.63, 3.8) is 0 Å². The van der Waals surface area contributed by atoms with Gasteiger partial charge in [-0.25, -0.2) is 13.6 Å². The van der Waals surface area contributed by atoms with Crippen molar-refractivity contribution in [3.8, 4) is 0 Å². The summed E-state index contributed by atoms with van der Waals surface area (Å²) in [7, 11) is -3.85. The maximum Gasteiger partial charge on any atom is 0.240 e. The molecule has 0 aromatic heterocycles. The van der Waals surface area contributed by atoms with Crippen LogP contribution < -0.4 is 16.2 Å². The molecule has 0 aliphatic heterocycles. The van der Waals surface area contributed by atoms with E-state index in [-0.39, 0.29) is 11.5 Å². The van der Waals surface area contributed by atoms with Crippen LogP contribution in [-0.4, -0.2) is 25.7 Å². The first-order valence-corrected chi connectivity index (χ1v) is 7.02. The number of nitrogens with two attached hydrogens (primary N) is 2. The molecule has 0 spiro atoms. The van der Waals surface area contributed by atoms with Gasteiger partial charge in [0.05, 0.1) is 5.69 Å². The number of nitrogens with one attached hydrogen (secondary N) is 1. The molecule has 1 aromatic carbocycles. The van der Waals surface area contributed by atoms with Gasteiger partial charge in [0.1, 0.15) is 4.90 Å². The third-order valence-electron chi connectivity index (χ3n) is 2.52. The fraction of sp³-hybridized carbons (Fsp3) is 0.455. The van der Waals surface area contributed by atoms with Crippen molar-refractivity contribution in [2.24, 2.45) is 5.14 Å². The lowest BCUT2D eigenvalue weighted by Crippen LogP contribution is -2.33. The Labute approximate surface area is 107 Å². The first-order valence-electron chi connectivity index (χ1n) is 5.47. The minimum absolute atomic E-state index is 0.000317.